The van der Waals surface area contributed by atoms with Crippen LogP contribution in [0.1, 0.15) is 18.5 Å². The van der Waals surface area contributed by atoms with Gasteiger partial charge in [0.05, 0.1) is 46.2 Å². The summed E-state index contributed by atoms with van der Waals surface area (Å²) in [5.41, 5.74) is 3.00. The summed E-state index contributed by atoms with van der Waals surface area (Å²) in [6, 6.07) is 3.32. The van der Waals surface area contributed by atoms with Gasteiger partial charge in [-0.05, 0) is 25.1 Å². The normalized spacial score (nSPS) is 16.2. The van der Waals surface area contributed by atoms with Crippen LogP contribution in [-0.4, -0.2) is 45.7 Å². The standard InChI is InChI=1S/C18H19ClN6O2S/c1-12(24-4-3-5-25(24)20)15-7-16(19)17-10-22-11-23(17)18(15)13-6-14(9-21-8-13)28(2,26)27/h3-4,6-12H,5,20H2,1-2H3. The van der Waals surface area contributed by atoms with Crippen molar-refractivity contribution in [2.45, 2.75) is 17.9 Å². The first-order valence-electron chi connectivity index (χ1n) is 8.54. The first-order chi connectivity index (χ1) is 13.3. The summed E-state index contributed by atoms with van der Waals surface area (Å²) in [5.74, 6) is 6.07. The first-order valence-corrected chi connectivity index (χ1v) is 10.8. The Kier molecular flexibility index (Phi) is 4.62. The van der Waals surface area contributed by atoms with Gasteiger partial charge in [-0.15, -0.1) is 0 Å². The second kappa shape index (κ2) is 6.85. The lowest BCUT2D eigenvalue weighted by Crippen LogP contribution is -2.42. The quantitative estimate of drug-likeness (QED) is 0.650. The molecule has 3 aromatic rings. The van der Waals surface area contributed by atoms with Crippen LogP contribution in [0.4, 0.5) is 0 Å². The zero-order chi connectivity index (χ0) is 20.1. The number of hydrogen-bond donors (Lipinski definition) is 1. The van der Waals surface area contributed by atoms with E-state index in [1.807, 2.05) is 34.7 Å². The molecule has 0 aromatic carbocycles. The molecule has 0 radical (unpaired) electrons. The number of fused-ring (bicyclic) bond motifs is 1. The van der Waals surface area contributed by atoms with Crippen molar-refractivity contribution >= 4 is 27.0 Å². The Hall–Kier alpha value is -2.46. The highest BCUT2D eigenvalue weighted by Crippen LogP contribution is 2.36. The summed E-state index contributed by atoms with van der Waals surface area (Å²) in [6.45, 7) is 2.60. The van der Waals surface area contributed by atoms with Crippen LogP contribution in [0.15, 0.2) is 54.2 Å². The molecule has 0 amide bonds. The summed E-state index contributed by atoms with van der Waals surface area (Å²) < 4.78 is 25.9. The summed E-state index contributed by atoms with van der Waals surface area (Å²) in [6.07, 6.45) is 11.3. The van der Waals surface area contributed by atoms with E-state index in [4.69, 9.17) is 17.4 Å². The van der Waals surface area contributed by atoms with Crippen LogP contribution in [0.3, 0.4) is 0 Å². The Morgan fingerprint density at radius 2 is 2.00 bits per heavy atom. The van der Waals surface area contributed by atoms with Gasteiger partial charge in [-0.3, -0.25) is 20.2 Å². The number of aromatic nitrogens is 3. The van der Waals surface area contributed by atoms with Crippen molar-refractivity contribution in [3.05, 3.63) is 59.9 Å². The second-order valence-electron chi connectivity index (χ2n) is 6.69. The van der Waals surface area contributed by atoms with E-state index in [0.717, 1.165) is 23.0 Å². The molecule has 0 saturated heterocycles. The van der Waals surface area contributed by atoms with Crippen molar-refractivity contribution in [1.29, 1.82) is 0 Å². The molecule has 4 rings (SSSR count). The average Bonchev–Trinajstić information content (AvgIpc) is 3.30. The summed E-state index contributed by atoms with van der Waals surface area (Å²) in [5, 5.41) is 4.04. The van der Waals surface area contributed by atoms with E-state index in [1.165, 1.54) is 6.20 Å². The fourth-order valence-corrected chi connectivity index (χ4v) is 4.23. The SMILES string of the molecule is CC(c1cc(Cl)c2cncn2c1-c1cncc(S(C)(=O)=O)c1)N1C=CCN1N. The van der Waals surface area contributed by atoms with Crippen LogP contribution in [-0.2, 0) is 9.84 Å². The Bertz CT molecular complexity index is 1190. The lowest BCUT2D eigenvalue weighted by molar-refractivity contribution is 0.0158. The molecule has 0 fully saturated rings. The van der Waals surface area contributed by atoms with Gasteiger partial charge in [-0.1, -0.05) is 11.6 Å². The topological polar surface area (TPSA) is 96.8 Å². The third-order valence-electron chi connectivity index (χ3n) is 4.79. The Morgan fingerprint density at radius 1 is 1.21 bits per heavy atom. The third-order valence-corrected chi connectivity index (χ3v) is 6.17. The average molecular weight is 419 g/mol. The highest BCUT2D eigenvalue weighted by atomic mass is 35.5. The van der Waals surface area contributed by atoms with Gasteiger partial charge in [0, 0.05) is 36.0 Å². The van der Waals surface area contributed by atoms with Gasteiger partial charge in [0.2, 0.25) is 0 Å². The van der Waals surface area contributed by atoms with E-state index in [2.05, 4.69) is 9.97 Å². The molecule has 0 saturated carbocycles. The number of rotatable bonds is 4. The molecule has 4 heterocycles. The van der Waals surface area contributed by atoms with Crippen LogP contribution in [0, 0.1) is 0 Å². The molecule has 0 bridgehead atoms. The fourth-order valence-electron chi connectivity index (χ4n) is 3.38. The Labute approximate surface area is 167 Å². The van der Waals surface area contributed by atoms with Gasteiger partial charge in [0.1, 0.15) is 0 Å². The second-order valence-corrected chi connectivity index (χ2v) is 9.11. The highest BCUT2D eigenvalue weighted by Gasteiger charge is 2.26. The molecule has 1 aliphatic rings. The van der Waals surface area contributed by atoms with E-state index in [1.54, 1.807) is 29.9 Å². The van der Waals surface area contributed by atoms with E-state index < -0.39 is 9.84 Å². The zero-order valence-electron chi connectivity index (χ0n) is 15.3. The minimum atomic E-state index is -3.40. The van der Waals surface area contributed by atoms with Gasteiger partial charge in [-0.2, -0.15) is 5.12 Å². The van der Waals surface area contributed by atoms with Gasteiger partial charge in [-0.25, -0.2) is 13.4 Å². The van der Waals surface area contributed by atoms with Crippen molar-refractivity contribution < 1.29 is 8.42 Å². The lowest BCUT2D eigenvalue weighted by atomic mass is 10.0. The van der Waals surface area contributed by atoms with Crippen molar-refractivity contribution in [2.24, 2.45) is 5.84 Å². The van der Waals surface area contributed by atoms with Gasteiger partial charge in [0.15, 0.2) is 9.84 Å². The van der Waals surface area contributed by atoms with E-state index in [9.17, 15) is 8.42 Å². The van der Waals surface area contributed by atoms with Crippen molar-refractivity contribution in [3.8, 4) is 11.3 Å². The first kappa shape index (κ1) is 18.9. The van der Waals surface area contributed by atoms with Gasteiger partial charge in [0.25, 0.3) is 0 Å². The molecule has 0 spiro atoms. The molecular weight excluding hydrogens is 400 g/mol. The Balaban J connectivity index is 1.98. The minimum Gasteiger partial charge on any atom is -0.297 e. The molecule has 28 heavy (non-hydrogen) atoms. The maximum Gasteiger partial charge on any atom is 0.177 e. The molecule has 8 nitrogen and oxygen atoms in total. The summed E-state index contributed by atoms with van der Waals surface area (Å²) in [7, 11) is -3.40. The maximum absolute atomic E-state index is 12.0. The summed E-state index contributed by atoms with van der Waals surface area (Å²) >= 11 is 6.50. The molecule has 10 heteroatoms. The fraction of sp³-hybridized carbons (Fsp3) is 0.222. The maximum atomic E-state index is 12.0. The van der Waals surface area contributed by atoms with E-state index in [-0.39, 0.29) is 10.9 Å². The number of nitrogens with zero attached hydrogens (tertiary/aromatic N) is 5. The number of imidazole rings is 1. The molecule has 1 atom stereocenters. The van der Waals surface area contributed by atoms with Crippen LogP contribution < -0.4 is 5.84 Å². The molecule has 2 N–H and O–H groups in total. The van der Waals surface area contributed by atoms with Crippen molar-refractivity contribution in [1.82, 2.24) is 24.5 Å². The van der Waals surface area contributed by atoms with E-state index >= 15 is 0 Å². The Morgan fingerprint density at radius 3 is 2.68 bits per heavy atom. The molecule has 0 aliphatic carbocycles. The predicted molar refractivity (Wildman–Crippen MR) is 107 cm³/mol. The molecule has 146 valence electrons. The number of hydrogen-bond acceptors (Lipinski definition) is 7. The van der Waals surface area contributed by atoms with Crippen LogP contribution >= 0.6 is 11.6 Å². The highest BCUT2D eigenvalue weighted by molar-refractivity contribution is 7.90. The van der Waals surface area contributed by atoms with Crippen LogP contribution in [0.25, 0.3) is 16.8 Å². The lowest BCUT2D eigenvalue weighted by Gasteiger charge is -2.32. The smallest absolute Gasteiger partial charge is 0.177 e. The molecule has 3 aromatic heterocycles. The van der Waals surface area contributed by atoms with Crippen LogP contribution in [0.5, 0.6) is 0 Å². The number of pyridine rings is 2. The zero-order valence-corrected chi connectivity index (χ0v) is 16.9. The van der Waals surface area contributed by atoms with Crippen LogP contribution in [0.2, 0.25) is 5.02 Å². The van der Waals surface area contributed by atoms with E-state index in [0.29, 0.717) is 17.1 Å². The number of sulfone groups is 1. The van der Waals surface area contributed by atoms with Crippen molar-refractivity contribution in [2.75, 3.05) is 12.8 Å². The predicted octanol–water partition coefficient (Wildman–Crippen LogP) is 2.43. The number of hydrazine groups is 2. The van der Waals surface area contributed by atoms with Gasteiger partial charge < -0.3 is 0 Å². The summed E-state index contributed by atoms with van der Waals surface area (Å²) in [4.78, 5) is 8.50. The number of nitrogens with two attached hydrogens (primary N) is 1. The third kappa shape index (κ3) is 3.16. The molecular formula is C18H19ClN6O2S. The monoisotopic (exact) mass is 418 g/mol. The molecule has 1 unspecified atom stereocenters. The van der Waals surface area contributed by atoms with Crippen molar-refractivity contribution in [3.63, 3.8) is 0 Å². The minimum absolute atomic E-state index is 0.147. The van der Waals surface area contributed by atoms with Gasteiger partial charge >= 0.3 is 0 Å². The largest absolute Gasteiger partial charge is 0.297 e. The molecule has 1 aliphatic heterocycles. The number of halogens is 1.